The zero-order chi connectivity index (χ0) is 23.2. The fourth-order valence-corrected chi connectivity index (χ4v) is 4.39. The van der Waals surface area contributed by atoms with Crippen LogP contribution < -0.4 is 14.2 Å². The summed E-state index contributed by atoms with van der Waals surface area (Å²) in [5, 5.41) is 0.844. The summed E-state index contributed by atoms with van der Waals surface area (Å²) in [6.45, 7) is 5.87. The Labute approximate surface area is 200 Å². The average Bonchev–Trinajstić information content (AvgIpc) is 2.85. The van der Waals surface area contributed by atoms with Gasteiger partial charge in [-0.25, -0.2) is 0 Å². The lowest BCUT2D eigenvalue weighted by Gasteiger charge is -2.35. The van der Waals surface area contributed by atoms with Crippen molar-refractivity contribution in [1.29, 1.82) is 0 Å². The summed E-state index contributed by atoms with van der Waals surface area (Å²) in [6, 6.07) is 16.2. The lowest BCUT2D eigenvalue weighted by Crippen LogP contribution is -2.45. The van der Waals surface area contributed by atoms with Gasteiger partial charge >= 0.3 is 0 Å². The van der Waals surface area contributed by atoms with Gasteiger partial charge in [0.15, 0.2) is 11.5 Å². The van der Waals surface area contributed by atoms with Gasteiger partial charge in [0.05, 0.1) is 27.0 Å². The predicted octanol–water partition coefficient (Wildman–Crippen LogP) is 4.75. The second kappa shape index (κ2) is 10.9. The number of methoxy groups -OCH3 is 3. The van der Waals surface area contributed by atoms with Crippen molar-refractivity contribution in [2.75, 3.05) is 47.5 Å². The molecule has 1 fully saturated rings. The molecule has 0 saturated carbocycles. The number of benzene rings is 2. The van der Waals surface area contributed by atoms with E-state index in [1.807, 2.05) is 36.5 Å². The molecule has 2 aromatic carbocycles. The number of ether oxygens (including phenoxy) is 3. The van der Waals surface area contributed by atoms with Gasteiger partial charge in [-0.1, -0.05) is 29.8 Å². The third kappa shape index (κ3) is 5.58. The van der Waals surface area contributed by atoms with Crippen molar-refractivity contribution < 1.29 is 14.2 Å². The maximum Gasteiger partial charge on any atom is 0.203 e. The van der Waals surface area contributed by atoms with Crippen molar-refractivity contribution in [1.82, 2.24) is 14.8 Å². The molecule has 2 heterocycles. The van der Waals surface area contributed by atoms with E-state index < -0.39 is 0 Å². The molecule has 0 radical (unpaired) electrons. The van der Waals surface area contributed by atoms with Crippen molar-refractivity contribution in [2.45, 2.75) is 13.1 Å². The first kappa shape index (κ1) is 23.4. The number of hydrogen-bond donors (Lipinski definition) is 0. The molecule has 1 aliphatic rings. The molecular weight excluding hydrogens is 438 g/mol. The number of nitrogens with zero attached hydrogens (tertiary/aromatic N) is 3. The van der Waals surface area contributed by atoms with Crippen LogP contribution >= 0.6 is 11.6 Å². The van der Waals surface area contributed by atoms with Gasteiger partial charge in [0.1, 0.15) is 0 Å². The zero-order valence-electron chi connectivity index (χ0n) is 19.4. The van der Waals surface area contributed by atoms with Crippen LogP contribution in [-0.2, 0) is 13.1 Å². The first-order valence-corrected chi connectivity index (χ1v) is 11.4. The Kier molecular flexibility index (Phi) is 7.70. The maximum atomic E-state index is 6.33. The van der Waals surface area contributed by atoms with Gasteiger partial charge < -0.3 is 14.2 Å². The number of pyridine rings is 1. The molecule has 0 spiro atoms. The fraction of sp³-hybridized carbons (Fsp3) is 0.346. The van der Waals surface area contributed by atoms with Gasteiger partial charge in [-0.2, -0.15) is 0 Å². The number of halogens is 1. The van der Waals surface area contributed by atoms with Crippen LogP contribution in [0.4, 0.5) is 0 Å². The van der Waals surface area contributed by atoms with Crippen LogP contribution in [0.2, 0.25) is 5.02 Å². The van der Waals surface area contributed by atoms with E-state index in [2.05, 4.69) is 33.0 Å². The smallest absolute Gasteiger partial charge is 0.203 e. The van der Waals surface area contributed by atoms with Crippen molar-refractivity contribution in [3.8, 4) is 28.5 Å². The van der Waals surface area contributed by atoms with Crippen LogP contribution in [0.3, 0.4) is 0 Å². The molecule has 0 atom stereocenters. The minimum atomic E-state index is 0.578. The lowest BCUT2D eigenvalue weighted by atomic mass is 10.1. The summed E-state index contributed by atoms with van der Waals surface area (Å²) < 4.78 is 16.4. The summed E-state index contributed by atoms with van der Waals surface area (Å²) in [4.78, 5) is 9.53. The minimum Gasteiger partial charge on any atom is -0.493 e. The average molecular weight is 468 g/mol. The molecule has 33 heavy (non-hydrogen) atoms. The molecule has 4 rings (SSSR count). The van der Waals surface area contributed by atoms with Crippen LogP contribution in [0.1, 0.15) is 11.1 Å². The summed E-state index contributed by atoms with van der Waals surface area (Å²) in [5.74, 6) is 1.82. The van der Waals surface area contributed by atoms with E-state index in [-0.39, 0.29) is 0 Å². The Bertz CT molecular complexity index is 1060. The molecule has 0 unspecified atom stereocenters. The van der Waals surface area contributed by atoms with Crippen LogP contribution in [0.15, 0.2) is 54.7 Å². The normalized spacial score (nSPS) is 14.8. The maximum absolute atomic E-state index is 6.33. The predicted molar refractivity (Wildman–Crippen MR) is 131 cm³/mol. The Balaban J connectivity index is 1.42. The minimum absolute atomic E-state index is 0.578. The Hall–Kier alpha value is -2.80. The summed E-state index contributed by atoms with van der Waals surface area (Å²) in [7, 11) is 4.85. The topological polar surface area (TPSA) is 47.1 Å². The van der Waals surface area contributed by atoms with Crippen molar-refractivity contribution in [2.24, 2.45) is 0 Å². The standard InChI is InChI=1S/C26H30ClN3O3/c1-31-24-15-21(16-25(32-2)26(24)33-3)23-14-19(8-9-28-23)17-29-10-12-30(13-11-29)18-20-6-4-5-7-22(20)27/h4-9,14-16H,10-13,17-18H2,1-3H3. The molecule has 174 valence electrons. The summed E-state index contributed by atoms with van der Waals surface area (Å²) in [6.07, 6.45) is 1.86. The third-order valence-electron chi connectivity index (χ3n) is 6.01. The molecular formula is C26H30ClN3O3. The van der Waals surface area contributed by atoms with Gasteiger partial charge in [-0.05, 0) is 41.5 Å². The van der Waals surface area contributed by atoms with E-state index in [0.29, 0.717) is 17.2 Å². The van der Waals surface area contributed by atoms with Gasteiger partial charge in [0.25, 0.3) is 0 Å². The Morgan fingerprint density at radius 1 is 0.818 bits per heavy atom. The van der Waals surface area contributed by atoms with Crippen molar-refractivity contribution in [3.05, 3.63) is 70.9 Å². The lowest BCUT2D eigenvalue weighted by molar-refractivity contribution is 0.122. The monoisotopic (exact) mass is 467 g/mol. The first-order valence-electron chi connectivity index (χ1n) is 11.0. The van der Waals surface area contributed by atoms with Gasteiger partial charge in [-0.15, -0.1) is 0 Å². The van der Waals surface area contributed by atoms with Crippen LogP contribution in [0.25, 0.3) is 11.3 Å². The van der Waals surface area contributed by atoms with Gasteiger partial charge in [0, 0.05) is 56.1 Å². The highest BCUT2D eigenvalue weighted by Gasteiger charge is 2.19. The molecule has 1 aromatic heterocycles. The number of hydrogen-bond acceptors (Lipinski definition) is 6. The third-order valence-corrected chi connectivity index (χ3v) is 6.38. The summed E-state index contributed by atoms with van der Waals surface area (Å²) in [5.41, 5.74) is 4.23. The Morgan fingerprint density at radius 3 is 2.06 bits per heavy atom. The quantitative estimate of drug-likeness (QED) is 0.476. The van der Waals surface area contributed by atoms with E-state index >= 15 is 0 Å². The van der Waals surface area contributed by atoms with Gasteiger partial charge in [-0.3, -0.25) is 14.8 Å². The largest absolute Gasteiger partial charge is 0.493 e. The van der Waals surface area contributed by atoms with E-state index in [1.54, 1.807) is 21.3 Å². The second-order valence-electron chi connectivity index (χ2n) is 8.11. The van der Waals surface area contributed by atoms with Crippen molar-refractivity contribution >= 4 is 11.6 Å². The highest BCUT2D eigenvalue weighted by atomic mass is 35.5. The number of aromatic nitrogens is 1. The van der Waals surface area contributed by atoms with Gasteiger partial charge in [0.2, 0.25) is 5.75 Å². The molecule has 0 bridgehead atoms. The molecule has 1 aliphatic heterocycles. The molecule has 3 aromatic rings. The highest BCUT2D eigenvalue weighted by Crippen LogP contribution is 2.40. The molecule has 0 amide bonds. The fourth-order valence-electron chi connectivity index (χ4n) is 4.19. The molecule has 7 heteroatoms. The van der Waals surface area contributed by atoms with E-state index in [1.165, 1.54) is 11.1 Å². The molecule has 0 N–H and O–H groups in total. The second-order valence-corrected chi connectivity index (χ2v) is 8.51. The Morgan fingerprint density at radius 2 is 1.45 bits per heavy atom. The first-order chi connectivity index (χ1) is 16.1. The van der Waals surface area contributed by atoms with E-state index in [9.17, 15) is 0 Å². The molecule has 6 nitrogen and oxygen atoms in total. The van der Waals surface area contributed by atoms with E-state index in [4.69, 9.17) is 25.8 Å². The van der Waals surface area contributed by atoms with E-state index in [0.717, 1.165) is 55.5 Å². The highest BCUT2D eigenvalue weighted by molar-refractivity contribution is 6.31. The van der Waals surface area contributed by atoms with Crippen LogP contribution in [0.5, 0.6) is 17.2 Å². The summed E-state index contributed by atoms with van der Waals surface area (Å²) >= 11 is 6.33. The molecule has 1 saturated heterocycles. The number of rotatable bonds is 8. The molecule has 0 aliphatic carbocycles. The van der Waals surface area contributed by atoms with Crippen LogP contribution in [-0.4, -0.2) is 62.3 Å². The van der Waals surface area contributed by atoms with Crippen molar-refractivity contribution in [3.63, 3.8) is 0 Å². The SMILES string of the molecule is COc1cc(-c2cc(CN3CCN(Cc4ccccc4Cl)CC3)ccn2)cc(OC)c1OC. The number of piperazine rings is 1. The van der Waals surface area contributed by atoms with Crippen LogP contribution in [0, 0.1) is 0 Å². The zero-order valence-corrected chi connectivity index (χ0v) is 20.1.